The number of aryl methyl sites for hydroxylation is 1. The van der Waals surface area contributed by atoms with Gasteiger partial charge in [-0.25, -0.2) is 0 Å². The Bertz CT molecular complexity index is 446. The molecule has 0 spiro atoms. The zero-order valence-corrected chi connectivity index (χ0v) is 10.8. The molecule has 0 radical (unpaired) electrons. The lowest BCUT2D eigenvalue weighted by Gasteiger charge is -2.17. The minimum absolute atomic E-state index is 0.225. The SMILES string of the molecule is COc1c(C)c(Cl)cc(C)c1CC(N)C(=O)O. The average Bonchev–Trinajstić information content (AvgIpc) is 2.26. The van der Waals surface area contributed by atoms with Crippen LogP contribution in [0.15, 0.2) is 6.07 Å². The second-order valence-corrected chi connectivity index (χ2v) is 4.37. The van der Waals surface area contributed by atoms with Crippen LogP contribution < -0.4 is 10.5 Å². The molecule has 0 saturated carbocycles. The molecule has 0 amide bonds. The molecule has 17 heavy (non-hydrogen) atoms. The molecule has 0 aromatic heterocycles. The molecule has 1 atom stereocenters. The van der Waals surface area contributed by atoms with Crippen molar-refractivity contribution in [2.45, 2.75) is 26.3 Å². The third-order valence-electron chi connectivity index (χ3n) is 2.74. The summed E-state index contributed by atoms with van der Waals surface area (Å²) in [4.78, 5) is 10.8. The van der Waals surface area contributed by atoms with Gasteiger partial charge in [-0.2, -0.15) is 0 Å². The third-order valence-corrected chi connectivity index (χ3v) is 3.13. The molecule has 3 N–H and O–H groups in total. The Hall–Kier alpha value is -1.26. The number of carbonyl (C=O) groups is 1. The van der Waals surface area contributed by atoms with Gasteiger partial charge >= 0.3 is 5.97 Å². The minimum Gasteiger partial charge on any atom is -0.496 e. The molecule has 0 bridgehead atoms. The number of ether oxygens (including phenoxy) is 1. The first-order valence-electron chi connectivity index (χ1n) is 5.19. The maximum Gasteiger partial charge on any atom is 0.320 e. The summed E-state index contributed by atoms with van der Waals surface area (Å²) in [6.07, 6.45) is 0.225. The van der Waals surface area contributed by atoms with Gasteiger partial charge in [0.2, 0.25) is 0 Å². The van der Waals surface area contributed by atoms with E-state index in [0.29, 0.717) is 10.8 Å². The highest BCUT2D eigenvalue weighted by Gasteiger charge is 2.19. The van der Waals surface area contributed by atoms with Gasteiger partial charge in [0.25, 0.3) is 0 Å². The van der Waals surface area contributed by atoms with Crippen LogP contribution in [0.1, 0.15) is 16.7 Å². The molecule has 4 nitrogen and oxygen atoms in total. The Balaban J connectivity index is 3.22. The highest BCUT2D eigenvalue weighted by Crippen LogP contribution is 2.33. The Labute approximate surface area is 105 Å². The number of methoxy groups -OCH3 is 1. The zero-order chi connectivity index (χ0) is 13.2. The molecular formula is C12H16ClNO3. The minimum atomic E-state index is -1.03. The van der Waals surface area contributed by atoms with Gasteiger partial charge in [-0.05, 0) is 31.0 Å². The highest BCUT2D eigenvalue weighted by molar-refractivity contribution is 6.31. The largest absolute Gasteiger partial charge is 0.496 e. The van der Waals surface area contributed by atoms with Gasteiger partial charge < -0.3 is 15.6 Å². The van der Waals surface area contributed by atoms with E-state index in [1.807, 2.05) is 13.8 Å². The number of carboxylic acid groups (broad SMARTS) is 1. The third kappa shape index (κ3) is 2.90. The van der Waals surface area contributed by atoms with Crippen LogP contribution >= 0.6 is 11.6 Å². The summed E-state index contributed by atoms with van der Waals surface area (Å²) in [6, 6.07) is 0.853. The topological polar surface area (TPSA) is 72.5 Å². The van der Waals surface area contributed by atoms with Crippen LogP contribution in [0.3, 0.4) is 0 Å². The van der Waals surface area contributed by atoms with Gasteiger partial charge in [-0.3, -0.25) is 4.79 Å². The number of rotatable bonds is 4. The summed E-state index contributed by atoms with van der Waals surface area (Å²) in [7, 11) is 1.54. The van der Waals surface area contributed by atoms with Crippen LogP contribution in [0.25, 0.3) is 0 Å². The van der Waals surface area contributed by atoms with E-state index in [0.717, 1.165) is 16.7 Å². The second-order valence-electron chi connectivity index (χ2n) is 3.96. The molecule has 1 rings (SSSR count). The van der Waals surface area contributed by atoms with Crippen molar-refractivity contribution in [1.29, 1.82) is 0 Å². The van der Waals surface area contributed by atoms with E-state index in [1.165, 1.54) is 7.11 Å². The van der Waals surface area contributed by atoms with Crippen molar-refractivity contribution in [1.82, 2.24) is 0 Å². The van der Waals surface area contributed by atoms with Crippen molar-refractivity contribution >= 4 is 17.6 Å². The summed E-state index contributed by atoms with van der Waals surface area (Å²) in [6.45, 7) is 3.69. The van der Waals surface area contributed by atoms with Gasteiger partial charge in [-0.1, -0.05) is 11.6 Å². The Morgan fingerprint density at radius 2 is 2.18 bits per heavy atom. The van der Waals surface area contributed by atoms with E-state index in [4.69, 9.17) is 27.2 Å². The molecule has 0 aliphatic heterocycles. The molecule has 0 aliphatic rings. The number of aliphatic carboxylic acids is 1. The van der Waals surface area contributed by atoms with Crippen molar-refractivity contribution in [3.63, 3.8) is 0 Å². The van der Waals surface area contributed by atoms with Crippen LogP contribution in [-0.2, 0) is 11.2 Å². The van der Waals surface area contributed by atoms with Crippen molar-refractivity contribution in [2.24, 2.45) is 5.73 Å². The number of halogens is 1. The molecule has 0 heterocycles. The molecule has 1 aromatic carbocycles. The van der Waals surface area contributed by atoms with Gasteiger partial charge in [-0.15, -0.1) is 0 Å². The summed E-state index contributed by atoms with van der Waals surface area (Å²) < 4.78 is 5.29. The molecule has 0 fully saturated rings. The Morgan fingerprint density at radius 1 is 1.59 bits per heavy atom. The van der Waals surface area contributed by atoms with E-state index in [-0.39, 0.29) is 6.42 Å². The fraction of sp³-hybridized carbons (Fsp3) is 0.417. The first-order valence-corrected chi connectivity index (χ1v) is 5.57. The second kappa shape index (κ2) is 5.38. The molecule has 94 valence electrons. The lowest BCUT2D eigenvalue weighted by Crippen LogP contribution is -2.32. The standard InChI is InChI=1S/C12H16ClNO3/c1-6-4-9(13)7(2)11(17-3)8(6)5-10(14)12(15)16/h4,10H,5,14H2,1-3H3,(H,15,16). The summed E-state index contributed by atoms with van der Waals surface area (Å²) in [5, 5.41) is 9.43. The maximum atomic E-state index is 10.8. The van der Waals surface area contributed by atoms with E-state index in [1.54, 1.807) is 6.07 Å². The monoisotopic (exact) mass is 257 g/mol. The molecule has 0 aliphatic carbocycles. The van der Waals surface area contributed by atoms with Gasteiger partial charge in [0, 0.05) is 17.0 Å². The van der Waals surface area contributed by atoms with Crippen LogP contribution in [0.5, 0.6) is 5.75 Å². The van der Waals surface area contributed by atoms with E-state index < -0.39 is 12.0 Å². The maximum absolute atomic E-state index is 10.8. The van der Waals surface area contributed by atoms with Crippen LogP contribution in [0, 0.1) is 13.8 Å². The highest BCUT2D eigenvalue weighted by atomic mass is 35.5. The fourth-order valence-electron chi connectivity index (χ4n) is 1.74. The smallest absolute Gasteiger partial charge is 0.320 e. The van der Waals surface area contributed by atoms with Crippen molar-refractivity contribution in [2.75, 3.05) is 7.11 Å². The first-order chi connectivity index (χ1) is 7.88. The van der Waals surface area contributed by atoms with Crippen LogP contribution in [0.2, 0.25) is 5.02 Å². The average molecular weight is 258 g/mol. The van der Waals surface area contributed by atoms with Crippen molar-refractivity contribution in [3.8, 4) is 5.75 Å². The lowest BCUT2D eigenvalue weighted by molar-refractivity contribution is -0.138. The normalized spacial score (nSPS) is 12.3. The fourth-order valence-corrected chi connectivity index (χ4v) is 1.99. The molecule has 0 saturated heterocycles. The van der Waals surface area contributed by atoms with Crippen molar-refractivity contribution in [3.05, 3.63) is 27.8 Å². The number of nitrogens with two attached hydrogens (primary N) is 1. The van der Waals surface area contributed by atoms with E-state index in [2.05, 4.69) is 0 Å². The van der Waals surface area contributed by atoms with Gasteiger partial charge in [0.05, 0.1) is 7.11 Å². The number of benzene rings is 1. The Morgan fingerprint density at radius 3 is 2.65 bits per heavy atom. The first kappa shape index (κ1) is 13.8. The van der Waals surface area contributed by atoms with Crippen molar-refractivity contribution < 1.29 is 14.6 Å². The summed E-state index contributed by atoms with van der Waals surface area (Å²) in [5.41, 5.74) is 8.02. The summed E-state index contributed by atoms with van der Waals surface area (Å²) in [5.74, 6) is -0.411. The number of hydrogen-bond acceptors (Lipinski definition) is 3. The van der Waals surface area contributed by atoms with Gasteiger partial charge in [0.1, 0.15) is 11.8 Å². The molecular weight excluding hydrogens is 242 g/mol. The summed E-state index contributed by atoms with van der Waals surface area (Å²) >= 11 is 6.04. The predicted octanol–water partition coefficient (Wildman–Crippen LogP) is 1.92. The lowest BCUT2D eigenvalue weighted by atomic mass is 9.97. The molecule has 1 unspecified atom stereocenters. The number of carboxylic acids is 1. The molecule has 1 aromatic rings. The van der Waals surface area contributed by atoms with E-state index in [9.17, 15) is 4.79 Å². The van der Waals surface area contributed by atoms with E-state index >= 15 is 0 Å². The van der Waals surface area contributed by atoms with Gasteiger partial charge in [0.15, 0.2) is 0 Å². The van der Waals surface area contributed by atoms with Crippen LogP contribution in [0.4, 0.5) is 0 Å². The molecule has 5 heteroatoms. The van der Waals surface area contributed by atoms with Crippen LogP contribution in [-0.4, -0.2) is 24.2 Å². The predicted molar refractivity (Wildman–Crippen MR) is 66.8 cm³/mol. The number of hydrogen-bond donors (Lipinski definition) is 2. The quantitative estimate of drug-likeness (QED) is 0.864. The zero-order valence-electron chi connectivity index (χ0n) is 10.1. The Kier molecular flexibility index (Phi) is 4.37.